The van der Waals surface area contributed by atoms with Crippen LogP contribution in [-0.4, -0.2) is 6.71 Å². The van der Waals surface area contributed by atoms with Crippen molar-refractivity contribution < 1.29 is 0 Å². The molecule has 0 aliphatic heterocycles. The summed E-state index contributed by atoms with van der Waals surface area (Å²) < 4.78 is 0. The molecule has 0 atom stereocenters. The Bertz CT molecular complexity index is 17.6. The minimum absolute atomic E-state index is 0.884. The topological polar surface area (TPSA) is 0 Å². The predicted molar refractivity (Wildman–Crippen MR) is 28.0 cm³/mol. The van der Waals surface area contributed by atoms with E-state index in [4.69, 9.17) is 0 Å². The van der Waals surface area contributed by atoms with E-state index in [1.165, 1.54) is 6.32 Å². The Morgan fingerprint density at radius 1 is 1.40 bits per heavy atom. The second kappa shape index (κ2) is 2.31. The summed E-state index contributed by atoms with van der Waals surface area (Å²) in [6.45, 7) is 7.53. The van der Waals surface area contributed by atoms with Crippen molar-refractivity contribution in [1.29, 1.82) is 0 Å². The standard InChI is InChI=1S/C4H11B/c1-4-5(2)3/h4H2,1-3H3. The van der Waals surface area contributed by atoms with E-state index in [9.17, 15) is 0 Å². The third kappa shape index (κ3) is 4.06. The third-order valence-corrected chi connectivity index (χ3v) is 0.816. The van der Waals surface area contributed by atoms with Gasteiger partial charge in [0.1, 0.15) is 6.71 Å². The molecule has 0 fully saturated rings. The van der Waals surface area contributed by atoms with Gasteiger partial charge in [0.2, 0.25) is 0 Å². The zero-order valence-corrected chi connectivity index (χ0v) is 4.28. The fourth-order valence-electron chi connectivity index (χ4n) is 0. The molecular weight excluding hydrogens is 58.9 g/mol. The Morgan fingerprint density at radius 3 is 1.60 bits per heavy atom. The molecule has 0 nitrogen and oxygen atoms in total. The van der Waals surface area contributed by atoms with Gasteiger partial charge in [-0.25, -0.2) is 0 Å². The molecule has 1 heteroatoms. The summed E-state index contributed by atoms with van der Waals surface area (Å²) in [5.41, 5.74) is 0. The molecule has 0 heterocycles. The lowest BCUT2D eigenvalue weighted by molar-refractivity contribution is 1.41. The van der Waals surface area contributed by atoms with Crippen LogP contribution in [0, 0.1) is 0 Å². The molecule has 0 aliphatic rings. The largest absolute Gasteiger partial charge is 0.133 e. The minimum Gasteiger partial charge on any atom is -0.0863 e. The first-order chi connectivity index (χ1) is 2.27. The Morgan fingerprint density at radius 2 is 1.60 bits per heavy atom. The summed E-state index contributed by atoms with van der Waals surface area (Å²) in [7, 11) is 0. The third-order valence-electron chi connectivity index (χ3n) is 0.816. The van der Waals surface area contributed by atoms with E-state index in [1.807, 2.05) is 0 Å². The van der Waals surface area contributed by atoms with Crippen molar-refractivity contribution in [1.82, 2.24) is 0 Å². The molecule has 0 aromatic heterocycles. The number of hydrogen-bond acceptors (Lipinski definition) is 0. The maximum absolute atomic E-state index is 2.22. The van der Waals surface area contributed by atoms with Gasteiger partial charge in [-0.2, -0.15) is 0 Å². The van der Waals surface area contributed by atoms with E-state index in [0.29, 0.717) is 0 Å². The summed E-state index contributed by atoms with van der Waals surface area (Å²) in [6, 6.07) is 0. The number of rotatable bonds is 1. The fourth-order valence-corrected chi connectivity index (χ4v) is 0. The Labute approximate surface area is 34.7 Å². The molecule has 0 aliphatic carbocycles. The zero-order chi connectivity index (χ0) is 4.28. The van der Waals surface area contributed by atoms with Gasteiger partial charge in [0.15, 0.2) is 0 Å². The zero-order valence-electron chi connectivity index (χ0n) is 4.28. The molecule has 0 aromatic carbocycles. The smallest absolute Gasteiger partial charge is 0.0863 e. The lowest BCUT2D eigenvalue weighted by Crippen LogP contribution is -1.92. The molecule has 0 rings (SSSR count). The average molecular weight is 69.9 g/mol. The van der Waals surface area contributed by atoms with Crippen molar-refractivity contribution in [2.45, 2.75) is 26.9 Å². The van der Waals surface area contributed by atoms with Crippen molar-refractivity contribution >= 4 is 6.71 Å². The Balaban J connectivity index is 2.54. The highest BCUT2D eigenvalue weighted by Gasteiger charge is 1.86. The predicted octanol–water partition coefficient (Wildman–Crippen LogP) is 1.76. The maximum Gasteiger partial charge on any atom is 0.133 e. The SMILES string of the molecule is CCB(C)C. The van der Waals surface area contributed by atoms with Crippen LogP contribution in [0.4, 0.5) is 0 Å². The van der Waals surface area contributed by atoms with Crippen LogP contribution in [0.3, 0.4) is 0 Å². The van der Waals surface area contributed by atoms with Gasteiger partial charge >= 0.3 is 0 Å². The van der Waals surface area contributed by atoms with Gasteiger partial charge in [-0.05, 0) is 0 Å². The summed E-state index contributed by atoms with van der Waals surface area (Å²) in [5, 5.41) is 0. The van der Waals surface area contributed by atoms with Crippen molar-refractivity contribution in [3.63, 3.8) is 0 Å². The molecule has 0 amide bonds. The molecule has 0 aromatic rings. The van der Waals surface area contributed by atoms with Crippen LogP contribution in [0.1, 0.15) is 6.92 Å². The normalized spacial score (nSPS) is 7.80. The molecule has 5 heavy (non-hydrogen) atoms. The molecule has 0 unspecified atom stereocenters. The van der Waals surface area contributed by atoms with Crippen molar-refractivity contribution in [3.05, 3.63) is 0 Å². The van der Waals surface area contributed by atoms with E-state index in [0.717, 1.165) is 6.71 Å². The first-order valence-corrected chi connectivity index (χ1v) is 2.27. The molecule has 0 saturated carbocycles. The molecule has 0 saturated heterocycles. The molecule has 0 radical (unpaired) electrons. The van der Waals surface area contributed by atoms with E-state index in [-0.39, 0.29) is 0 Å². The van der Waals surface area contributed by atoms with Gasteiger partial charge in [0, 0.05) is 0 Å². The number of hydrogen-bond donors (Lipinski definition) is 0. The van der Waals surface area contributed by atoms with Crippen molar-refractivity contribution in [3.8, 4) is 0 Å². The van der Waals surface area contributed by atoms with Crippen LogP contribution >= 0.6 is 0 Å². The monoisotopic (exact) mass is 70.1 g/mol. The highest BCUT2D eigenvalue weighted by molar-refractivity contribution is 6.55. The van der Waals surface area contributed by atoms with Crippen LogP contribution in [0.15, 0.2) is 0 Å². The maximum atomic E-state index is 2.22. The fraction of sp³-hybridized carbons (Fsp3) is 1.00. The quantitative estimate of drug-likeness (QED) is 0.412. The Kier molecular flexibility index (Phi) is 2.34. The van der Waals surface area contributed by atoms with Crippen LogP contribution < -0.4 is 0 Å². The van der Waals surface area contributed by atoms with E-state index < -0.39 is 0 Å². The molecule has 0 bridgehead atoms. The second-order valence-corrected chi connectivity index (χ2v) is 1.80. The van der Waals surface area contributed by atoms with Crippen LogP contribution in [-0.2, 0) is 0 Å². The Hall–Kier alpha value is 0.0649. The van der Waals surface area contributed by atoms with Crippen molar-refractivity contribution in [2.75, 3.05) is 0 Å². The van der Waals surface area contributed by atoms with Crippen LogP contribution in [0.5, 0.6) is 0 Å². The molecule has 0 spiro atoms. The van der Waals surface area contributed by atoms with Gasteiger partial charge < -0.3 is 0 Å². The first kappa shape index (κ1) is 5.06. The van der Waals surface area contributed by atoms with Gasteiger partial charge in [0.05, 0.1) is 0 Å². The van der Waals surface area contributed by atoms with E-state index in [2.05, 4.69) is 20.6 Å². The van der Waals surface area contributed by atoms with Gasteiger partial charge in [-0.1, -0.05) is 26.9 Å². The van der Waals surface area contributed by atoms with Crippen LogP contribution in [0.2, 0.25) is 20.0 Å². The minimum atomic E-state index is 0.884. The van der Waals surface area contributed by atoms with Gasteiger partial charge in [0.25, 0.3) is 0 Å². The second-order valence-electron chi connectivity index (χ2n) is 1.80. The van der Waals surface area contributed by atoms with Crippen LogP contribution in [0.25, 0.3) is 0 Å². The van der Waals surface area contributed by atoms with Crippen molar-refractivity contribution in [2.24, 2.45) is 0 Å². The highest BCUT2D eigenvalue weighted by Crippen LogP contribution is 1.83. The van der Waals surface area contributed by atoms with E-state index >= 15 is 0 Å². The lowest BCUT2D eigenvalue weighted by atomic mass is 9.53. The summed E-state index contributed by atoms with van der Waals surface area (Å²) in [6.07, 6.45) is 1.31. The highest BCUT2D eigenvalue weighted by atomic mass is 13.5. The summed E-state index contributed by atoms with van der Waals surface area (Å²) >= 11 is 0. The van der Waals surface area contributed by atoms with E-state index in [1.54, 1.807) is 0 Å². The summed E-state index contributed by atoms with van der Waals surface area (Å²) in [5.74, 6) is 0. The average Bonchev–Trinajstić information content (AvgIpc) is 1.38. The lowest BCUT2D eigenvalue weighted by Gasteiger charge is -1.84. The van der Waals surface area contributed by atoms with Gasteiger partial charge in [-0.3, -0.25) is 0 Å². The first-order valence-electron chi connectivity index (χ1n) is 2.27. The molecular formula is C4H11B. The van der Waals surface area contributed by atoms with Gasteiger partial charge in [-0.15, -0.1) is 0 Å². The summed E-state index contributed by atoms with van der Waals surface area (Å²) in [4.78, 5) is 0. The molecule has 30 valence electrons. The molecule has 0 N–H and O–H groups in total.